The molecule has 0 saturated carbocycles. The Hall–Kier alpha value is -5.00. The van der Waals surface area contributed by atoms with Gasteiger partial charge in [-0.15, -0.1) is 5.73 Å². The molecule has 1 aromatic heterocycles. The molecule has 2 aliphatic carbocycles. The highest BCUT2D eigenvalue weighted by molar-refractivity contribution is 6.35. The number of aliphatic hydroxyl groups is 1. The van der Waals surface area contributed by atoms with E-state index in [4.69, 9.17) is 19.7 Å². The first-order valence-corrected chi connectivity index (χ1v) is 16.0. The summed E-state index contributed by atoms with van der Waals surface area (Å²) in [6.45, 7) is 14.7. The van der Waals surface area contributed by atoms with Crippen molar-refractivity contribution >= 4 is 41.3 Å². The number of ether oxygens (including phenoxy) is 1. The van der Waals surface area contributed by atoms with Crippen LogP contribution in [0.5, 0.6) is 0 Å². The van der Waals surface area contributed by atoms with Crippen molar-refractivity contribution in [3.05, 3.63) is 115 Å². The van der Waals surface area contributed by atoms with Crippen LogP contribution in [0.15, 0.2) is 108 Å². The van der Waals surface area contributed by atoms with Crippen molar-refractivity contribution in [1.29, 1.82) is 0 Å². The van der Waals surface area contributed by atoms with Crippen molar-refractivity contribution in [3.63, 3.8) is 0 Å². The number of carbonyl (C=O) groups is 1. The maximum atomic E-state index is 12.4. The largest absolute Gasteiger partial charge is 0.511 e. The lowest BCUT2D eigenvalue weighted by atomic mass is 9.83. The molecule has 7 heteroatoms. The quantitative estimate of drug-likeness (QED) is 0.251. The number of nitrogens with zero attached hydrogens (tertiary/aromatic N) is 3. The summed E-state index contributed by atoms with van der Waals surface area (Å²) < 4.78 is 5.02. The second kappa shape index (κ2) is 11.1. The van der Waals surface area contributed by atoms with Crippen molar-refractivity contribution in [2.75, 3.05) is 7.11 Å². The molecule has 1 aromatic rings. The molecule has 5 heterocycles. The molecule has 46 heavy (non-hydrogen) atoms. The smallest absolute Gasteiger partial charge is 0.305 e. The molecule has 3 atom stereocenters. The first-order valence-electron chi connectivity index (χ1n) is 16.0. The van der Waals surface area contributed by atoms with Gasteiger partial charge in [-0.25, -0.2) is 9.98 Å². The van der Waals surface area contributed by atoms with Gasteiger partial charge in [0.15, 0.2) is 0 Å². The van der Waals surface area contributed by atoms with E-state index >= 15 is 0 Å². The number of aliphatic hydroxyl groups excluding tert-OH is 1. The predicted octanol–water partition coefficient (Wildman–Crippen LogP) is 8.25. The molecule has 4 aliphatic heterocycles. The van der Waals surface area contributed by atoms with Gasteiger partial charge in [0.25, 0.3) is 0 Å². The number of esters is 1. The van der Waals surface area contributed by atoms with Crippen molar-refractivity contribution in [2.24, 2.45) is 32.7 Å². The number of methoxy groups -OCH3 is 1. The lowest BCUT2D eigenvalue weighted by Crippen LogP contribution is -2.23. The van der Waals surface area contributed by atoms with E-state index in [-0.39, 0.29) is 30.0 Å². The Balaban J connectivity index is 1.52. The standard InChI is InChI=1S/C39H38N4O3/c1-8-24-19(3)27-16-29-21(5)26(14-15-33(44)46-7)37(42-29)36-38-34(35(39(36)45)23-12-10-11-13-23)22(6)30(43-38)18-32-25(9-2)20(4)28(41-32)17-31(24)40-27/h8,10-12,16-18,21,26,35,40,45H,1,9,14-15H2,2-7H3/t21-,26-,35+/m0/s1. The Morgan fingerprint density at radius 2 is 1.89 bits per heavy atom. The lowest BCUT2D eigenvalue weighted by Gasteiger charge is -2.19. The number of fused-ring (bicyclic) bond motifs is 6. The Morgan fingerprint density at radius 3 is 2.59 bits per heavy atom. The summed E-state index contributed by atoms with van der Waals surface area (Å²) in [6, 6.07) is 0. The molecule has 8 bridgehead atoms. The van der Waals surface area contributed by atoms with Gasteiger partial charge in [-0.05, 0) is 91.8 Å². The zero-order chi connectivity index (χ0) is 32.4. The number of H-pyrrole nitrogens is 1. The molecule has 0 amide bonds. The number of rotatable bonds is 6. The number of allylic oxidation sites excluding steroid dienone is 9. The van der Waals surface area contributed by atoms with Gasteiger partial charge in [-0.1, -0.05) is 32.6 Å². The van der Waals surface area contributed by atoms with E-state index in [1.165, 1.54) is 12.7 Å². The topological polar surface area (TPSA) is 99.4 Å². The maximum Gasteiger partial charge on any atom is 0.305 e. The van der Waals surface area contributed by atoms with Crippen LogP contribution in [-0.4, -0.2) is 40.3 Å². The minimum absolute atomic E-state index is 0.0266. The van der Waals surface area contributed by atoms with E-state index < -0.39 is 5.92 Å². The second-order valence-electron chi connectivity index (χ2n) is 12.6. The molecular formula is C39H38N4O3. The number of aliphatic imine (C=N–C) groups is 3. The third-order valence-corrected chi connectivity index (χ3v) is 10.2. The Labute approximate surface area is 269 Å². The van der Waals surface area contributed by atoms with E-state index in [1.807, 2.05) is 24.3 Å². The van der Waals surface area contributed by atoms with E-state index in [1.54, 1.807) is 0 Å². The number of aromatic amines is 1. The highest BCUT2D eigenvalue weighted by Gasteiger charge is 2.47. The summed E-state index contributed by atoms with van der Waals surface area (Å²) in [7, 11) is 1.41. The Kier molecular flexibility index (Phi) is 7.17. The minimum Gasteiger partial charge on any atom is -0.511 e. The van der Waals surface area contributed by atoms with Crippen molar-refractivity contribution in [3.8, 4) is 0 Å². The Bertz CT molecular complexity index is 2040. The van der Waals surface area contributed by atoms with Gasteiger partial charge in [0.05, 0.1) is 47.1 Å². The molecule has 0 radical (unpaired) electrons. The van der Waals surface area contributed by atoms with Crippen LogP contribution in [0.4, 0.5) is 0 Å². The van der Waals surface area contributed by atoms with Gasteiger partial charge in [0, 0.05) is 46.5 Å². The monoisotopic (exact) mass is 610 g/mol. The molecule has 6 aliphatic rings. The molecule has 7 rings (SSSR count). The molecule has 2 N–H and O–H groups in total. The number of aromatic nitrogens is 1. The average molecular weight is 611 g/mol. The van der Waals surface area contributed by atoms with Crippen LogP contribution in [0.1, 0.15) is 69.5 Å². The summed E-state index contributed by atoms with van der Waals surface area (Å²) in [4.78, 5) is 31.6. The fraction of sp³-hybridized carbons (Fsp3) is 0.308. The highest BCUT2D eigenvalue weighted by atomic mass is 16.5. The molecule has 0 saturated heterocycles. The third-order valence-electron chi connectivity index (χ3n) is 10.2. The number of nitrogens with one attached hydrogen (secondary N) is 1. The highest BCUT2D eigenvalue weighted by Crippen LogP contribution is 2.50. The normalized spacial score (nSPS) is 24.3. The third kappa shape index (κ3) is 4.41. The second-order valence-corrected chi connectivity index (χ2v) is 12.6. The van der Waals surface area contributed by atoms with E-state index in [2.05, 4.69) is 70.1 Å². The lowest BCUT2D eigenvalue weighted by molar-refractivity contribution is -0.140. The fourth-order valence-corrected chi connectivity index (χ4v) is 7.60. The zero-order valence-corrected chi connectivity index (χ0v) is 27.2. The van der Waals surface area contributed by atoms with Crippen molar-refractivity contribution in [2.45, 2.75) is 53.9 Å². The minimum atomic E-state index is -0.409. The van der Waals surface area contributed by atoms with Gasteiger partial charge in [-0.2, -0.15) is 0 Å². The fourth-order valence-electron chi connectivity index (χ4n) is 7.60. The SMILES string of the molecule is C=Cc1c2[nH]c(c1C)C=C1N=C(C3=C(O)[C@H](C4=C=CC=C4)C4=C(C)C(=CC5=NC(=C2)C(C)=C5CC)N=C34)[C@@H](CCC(=O)OC)[C@@H]1C. The van der Waals surface area contributed by atoms with Crippen LogP contribution in [0.2, 0.25) is 0 Å². The van der Waals surface area contributed by atoms with E-state index in [0.29, 0.717) is 12.0 Å². The van der Waals surface area contributed by atoms with Gasteiger partial charge in [0.2, 0.25) is 0 Å². The van der Waals surface area contributed by atoms with Crippen LogP contribution < -0.4 is 0 Å². The van der Waals surface area contributed by atoms with Crippen molar-refractivity contribution < 1.29 is 14.6 Å². The average Bonchev–Trinajstić information content (AvgIpc) is 3.87. The number of hydrogen-bond acceptors (Lipinski definition) is 6. The van der Waals surface area contributed by atoms with Gasteiger partial charge in [-0.3, -0.25) is 9.79 Å². The molecule has 0 spiro atoms. The van der Waals surface area contributed by atoms with Gasteiger partial charge < -0.3 is 14.8 Å². The van der Waals surface area contributed by atoms with Crippen LogP contribution in [-0.2, 0) is 9.53 Å². The summed E-state index contributed by atoms with van der Waals surface area (Å²) in [5.74, 6) is -0.609. The summed E-state index contributed by atoms with van der Waals surface area (Å²) in [6.07, 6.45) is 15.6. The predicted molar refractivity (Wildman–Crippen MR) is 185 cm³/mol. The molecule has 0 fully saturated rings. The Morgan fingerprint density at radius 1 is 1.11 bits per heavy atom. The number of hydrogen-bond donors (Lipinski definition) is 2. The van der Waals surface area contributed by atoms with Crippen molar-refractivity contribution in [1.82, 2.24) is 4.98 Å². The summed E-state index contributed by atoms with van der Waals surface area (Å²) >= 11 is 0. The first kappa shape index (κ1) is 29.7. The van der Waals surface area contributed by atoms with Crippen LogP contribution in [0.25, 0.3) is 18.2 Å². The van der Waals surface area contributed by atoms with Gasteiger partial charge >= 0.3 is 5.97 Å². The van der Waals surface area contributed by atoms with Crippen LogP contribution in [0, 0.1) is 24.7 Å². The summed E-state index contributed by atoms with van der Waals surface area (Å²) in [5.41, 5.74) is 18.2. The zero-order valence-electron chi connectivity index (χ0n) is 27.2. The number of carbonyl (C=O) groups excluding carboxylic acids is 1. The first-order chi connectivity index (χ1) is 22.2. The maximum absolute atomic E-state index is 12.4. The van der Waals surface area contributed by atoms with E-state index in [9.17, 15) is 9.90 Å². The molecule has 0 unspecified atom stereocenters. The van der Waals surface area contributed by atoms with E-state index in [0.717, 1.165) is 85.5 Å². The molecule has 7 nitrogen and oxygen atoms in total. The van der Waals surface area contributed by atoms with Gasteiger partial charge in [0.1, 0.15) is 5.76 Å². The van der Waals surface area contributed by atoms with Crippen LogP contribution >= 0.6 is 0 Å². The summed E-state index contributed by atoms with van der Waals surface area (Å²) in [5, 5.41) is 12.1. The molecular weight excluding hydrogens is 572 g/mol. The van der Waals surface area contributed by atoms with Crippen LogP contribution in [0.3, 0.4) is 0 Å². The molecule has 232 valence electrons. The molecule has 0 aromatic carbocycles.